The Kier molecular flexibility index (Phi) is 5.81. The fourth-order valence-corrected chi connectivity index (χ4v) is 3.34. The number of halogens is 1. The molecule has 0 saturated heterocycles. The normalized spacial score (nSPS) is 15.8. The predicted octanol–water partition coefficient (Wildman–Crippen LogP) is 2.67. The highest BCUT2D eigenvalue weighted by molar-refractivity contribution is 6.06. The molecule has 0 fully saturated rings. The molecule has 0 aliphatic carbocycles. The molecule has 3 rings (SSSR count). The van der Waals surface area contributed by atoms with Crippen LogP contribution in [0.3, 0.4) is 0 Å². The fourth-order valence-electron chi connectivity index (χ4n) is 3.34. The number of hydrogen-bond acceptors (Lipinski definition) is 4. The van der Waals surface area contributed by atoms with E-state index in [2.05, 4.69) is 5.32 Å². The predicted molar refractivity (Wildman–Crippen MR) is 107 cm³/mol. The van der Waals surface area contributed by atoms with Crippen molar-refractivity contribution in [2.45, 2.75) is 19.4 Å². The van der Waals surface area contributed by atoms with E-state index in [0.717, 1.165) is 6.07 Å². The lowest BCUT2D eigenvalue weighted by molar-refractivity contribution is -0.119. The van der Waals surface area contributed by atoms with E-state index in [1.165, 1.54) is 36.1 Å². The van der Waals surface area contributed by atoms with Crippen LogP contribution in [-0.2, 0) is 9.59 Å². The van der Waals surface area contributed by atoms with E-state index in [-0.39, 0.29) is 42.1 Å². The molecule has 29 heavy (non-hydrogen) atoms. The number of carbonyl (C=O) groups excluding carboxylic acids is 3. The molecule has 0 saturated carbocycles. The summed E-state index contributed by atoms with van der Waals surface area (Å²) in [6.07, 6.45) is 0.141. The third-order valence-corrected chi connectivity index (χ3v) is 4.75. The number of likely N-dealkylation sites (N-methyl/N-ethyl adjacent to an activating group) is 1. The molecular formula is C21H22FN3O4. The van der Waals surface area contributed by atoms with Gasteiger partial charge in [0.05, 0.1) is 18.5 Å². The van der Waals surface area contributed by atoms with Gasteiger partial charge in [-0.2, -0.15) is 0 Å². The van der Waals surface area contributed by atoms with Crippen molar-refractivity contribution in [3.8, 4) is 5.75 Å². The van der Waals surface area contributed by atoms with Gasteiger partial charge in [-0.05, 0) is 37.3 Å². The van der Waals surface area contributed by atoms with Crippen LogP contribution in [0.5, 0.6) is 5.75 Å². The molecule has 0 unspecified atom stereocenters. The molecule has 1 heterocycles. The van der Waals surface area contributed by atoms with Gasteiger partial charge >= 0.3 is 0 Å². The highest BCUT2D eigenvalue weighted by atomic mass is 19.1. The first kappa shape index (κ1) is 20.3. The highest BCUT2D eigenvalue weighted by Crippen LogP contribution is 2.31. The Morgan fingerprint density at radius 1 is 1.28 bits per heavy atom. The Bertz CT molecular complexity index is 963. The number of amides is 3. The molecule has 0 bridgehead atoms. The number of carbonyl (C=O) groups is 3. The zero-order valence-corrected chi connectivity index (χ0v) is 16.4. The van der Waals surface area contributed by atoms with Crippen LogP contribution in [0.1, 0.15) is 23.7 Å². The number of hydrogen-bond donors (Lipinski definition) is 1. The van der Waals surface area contributed by atoms with Crippen LogP contribution < -0.4 is 15.0 Å². The SMILES string of the molecule is COc1ccc(C(=O)N(C)CC(=O)N2c3ccccc3NC(=O)C[C@@H]2C)cc1F. The topological polar surface area (TPSA) is 79.0 Å². The number of anilines is 2. The lowest BCUT2D eigenvalue weighted by Crippen LogP contribution is -2.45. The van der Waals surface area contributed by atoms with Crippen LogP contribution in [0.2, 0.25) is 0 Å². The average Bonchev–Trinajstić information content (AvgIpc) is 2.81. The van der Waals surface area contributed by atoms with Crippen LogP contribution in [0.15, 0.2) is 42.5 Å². The summed E-state index contributed by atoms with van der Waals surface area (Å²) in [5.74, 6) is -1.64. The van der Waals surface area contributed by atoms with Crippen molar-refractivity contribution in [2.24, 2.45) is 0 Å². The molecular weight excluding hydrogens is 377 g/mol. The first-order valence-electron chi connectivity index (χ1n) is 9.11. The van der Waals surface area contributed by atoms with E-state index >= 15 is 0 Å². The molecule has 1 aliphatic rings. The smallest absolute Gasteiger partial charge is 0.254 e. The Labute approximate surface area is 168 Å². The van der Waals surface area contributed by atoms with E-state index in [1.807, 2.05) is 0 Å². The van der Waals surface area contributed by atoms with Crippen LogP contribution in [0.4, 0.5) is 15.8 Å². The second-order valence-corrected chi connectivity index (χ2v) is 6.89. The molecule has 0 radical (unpaired) electrons. The number of nitrogens with zero attached hydrogens (tertiary/aromatic N) is 2. The van der Waals surface area contributed by atoms with Crippen LogP contribution >= 0.6 is 0 Å². The minimum atomic E-state index is -0.655. The Morgan fingerprint density at radius 2 is 2.00 bits per heavy atom. The number of para-hydroxylation sites is 2. The zero-order valence-electron chi connectivity index (χ0n) is 16.4. The van der Waals surface area contributed by atoms with Crippen LogP contribution in [0, 0.1) is 5.82 Å². The molecule has 152 valence electrons. The van der Waals surface area contributed by atoms with Gasteiger partial charge in [-0.1, -0.05) is 12.1 Å². The van der Waals surface area contributed by atoms with E-state index in [0.29, 0.717) is 11.4 Å². The van der Waals surface area contributed by atoms with Crippen molar-refractivity contribution in [1.29, 1.82) is 0 Å². The van der Waals surface area contributed by atoms with Crippen molar-refractivity contribution in [1.82, 2.24) is 4.90 Å². The Morgan fingerprint density at radius 3 is 2.69 bits per heavy atom. The van der Waals surface area contributed by atoms with Gasteiger partial charge < -0.3 is 19.9 Å². The third kappa shape index (κ3) is 4.21. The number of rotatable bonds is 4. The molecule has 8 heteroatoms. The van der Waals surface area contributed by atoms with E-state index < -0.39 is 11.7 Å². The van der Waals surface area contributed by atoms with E-state index in [4.69, 9.17) is 4.74 Å². The van der Waals surface area contributed by atoms with E-state index in [9.17, 15) is 18.8 Å². The van der Waals surface area contributed by atoms with Gasteiger partial charge in [0.25, 0.3) is 5.91 Å². The summed E-state index contributed by atoms with van der Waals surface area (Å²) in [5, 5.41) is 2.79. The molecule has 2 aromatic carbocycles. The monoisotopic (exact) mass is 399 g/mol. The number of benzene rings is 2. The number of ether oxygens (including phenoxy) is 1. The first-order chi connectivity index (χ1) is 13.8. The molecule has 0 spiro atoms. The second kappa shape index (κ2) is 8.30. The fraction of sp³-hybridized carbons (Fsp3) is 0.286. The molecule has 2 aromatic rings. The van der Waals surface area contributed by atoms with Crippen LogP contribution in [-0.4, -0.2) is 49.4 Å². The van der Waals surface area contributed by atoms with Crippen molar-refractivity contribution < 1.29 is 23.5 Å². The van der Waals surface area contributed by atoms with Crippen molar-refractivity contribution >= 4 is 29.1 Å². The average molecular weight is 399 g/mol. The third-order valence-electron chi connectivity index (χ3n) is 4.75. The van der Waals surface area contributed by atoms with Crippen molar-refractivity contribution in [3.63, 3.8) is 0 Å². The number of nitrogens with one attached hydrogen (secondary N) is 1. The highest BCUT2D eigenvalue weighted by Gasteiger charge is 2.30. The summed E-state index contributed by atoms with van der Waals surface area (Å²) in [6, 6.07) is 10.5. The van der Waals surface area contributed by atoms with Gasteiger partial charge in [0.15, 0.2) is 11.6 Å². The lowest BCUT2D eigenvalue weighted by Gasteiger charge is -2.29. The number of methoxy groups -OCH3 is 1. The van der Waals surface area contributed by atoms with Crippen LogP contribution in [0.25, 0.3) is 0 Å². The quantitative estimate of drug-likeness (QED) is 0.857. The summed E-state index contributed by atoms with van der Waals surface area (Å²) in [6.45, 7) is 1.56. The maximum Gasteiger partial charge on any atom is 0.254 e. The lowest BCUT2D eigenvalue weighted by atomic mass is 10.1. The Hall–Kier alpha value is -3.42. The largest absolute Gasteiger partial charge is 0.494 e. The second-order valence-electron chi connectivity index (χ2n) is 6.89. The summed E-state index contributed by atoms with van der Waals surface area (Å²) in [5.41, 5.74) is 1.23. The minimum absolute atomic E-state index is 0.0347. The molecule has 1 atom stereocenters. The molecule has 0 aromatic heterocycles. The molecule has 1 aliphatic heterocycles. The van der Waals surface area contributed by atoms with Gasteiger partial charge in [0.2, 0.25) is 11.8 Å². The van der Waals surface area contributed by atoms with Gasteiger partial charge in [0.1, 0.15) is 6.54 Å². The summed E-state index contributed by atoms with van der Waals surface area (Å²) in [4.78, 5) is 40.5. The molecule has 1 N–H and O–H groups in total. The maximum atomic E-state index is 13.9. The van der Waals surface area contributed by atoms with Crippen molar-refractivity contribution in [2.75, 3.05) is 30.9 Å². The first-order valence-corrected chi connectivity index (χ1v) is 9.11. The van der Waals surface area contributed by atoms with Gasteiger partial charge in [-0.25, -0.2) is 4.39 Å². The van der Waals surface area contributed by atoms with E-state index in [1.54, 1.807) is 31.2 Å². The summed E-state index contributed by atoms with van der Waals surface area (Å²) in [7, 11) is 2.81. The van der Waals surface area contributed by atoms with Crippen molar-refractivity contribution in [3.05, 3.63) is 53.8 Å². The number of fused-ring (bicyclic) bond motifs is 1. The molecule has 3 amide bonds. The molecule has 7 nitrogen and oxygen atoms in total. The standard InChI is InChI=1S/C21H22FN3O4/c1-13-10-19(26)23-16-6-4-5-7-17(16)25(13)20(27)12-24(2)21(28)14-8-9-18(29-3)15(22)11-14/h4-9,11,13H,10,12H2,1-3H3,(H,23,26)/t13-/m0/s1. The summed E-state index contributed by atoms with van der Waals surface area (Å²) >= 11 is 0. The minimum Gasteiger partial charge on any atom is -0.494 e. The zero-order chi connectivity index (χ0) is 21.1. The van der Waals surface area contributed by atoms with Gasteiger partial charge in [0, 0.05) is 25.1 Å². The Balaban J connectivity index is 1.81. The van der Waals surface area contributed by atoms with Gasteiger partial charge in [-0.15, -0.1) is 0 Å². The maximum absolute atomic E-state index is 13.9. The van der Waals surface area contributed by atoms with Gasteiger partial charge in [-0.3, -0.25) is 14.4 Å². The summed E-state index contributed by atoms with van der Waals surface area (Å²) < 4.78 is 18.8.